The van der Waals surface area contributed by atoms with Crippen LogP contribution in [0.15, 0.2) is 78.9 Å². The van der Waals surface area contributed by atoms with E-state index in [1.165, 1.54) is 0 Å². The number of carboxylic acid groups (broad SMARTS) is 1. The summed E-state index contributed by atoms with van der Waals surface area (Å²) in [6, 6.07) is 26.5. The lowest BCUT2D eigenvalue weighted by molar-refractivity contribution is -0.137. The van der Waals surface area contributed by atoms with Crippen LogP contribution < -0.4 is 4.74 Å². The summed E-state index contributed by atoms with van der Waals surface area (Å²) in [7, 11) is 0. The van der Waals surface area contributed by atoms with E-state index in [4.69, 9.17) is 14.8 Å². The number of aliphatic carboxylic acids is 1. The second-order valence-electron chi connectivity index (χ2n) is 7.88. The maximum absolute atomic E-state index is 10.6. The molecule has 0 amide bonds. The van der Waals surface area contributed by atoms with Gasteiger partial charge >= 0.3 is 5.97 Å². The Morgan fingerprint density at radius 3 is 2.28 bits per heavy atom. The van der Waals surface area contributed by atoms with E-state index in [1.54, 1.807) is 0 Å². The van der Waals surface area contributed by atoms with Gasteiger partial charge in [0.05, 0.1) is 17.6 Å². The van der Waals surface area contributed by atoms with Gasteiger partial charge in [0.2, 0.25) is 0 Å². The maximum atomic E-state index is 10.6. The Morgan fingerprint density at radius 2 is 1.53 bits per heavy atom. The van der Waals surface area contributed by atoms with Crippen molar-refractivity contribution in [2.75, 3.05) is 6.61 Å². The highest BCUT2D eigenvalue weighted by atomic mass is 16.5. The lowest BCUT2D eigenvalue weighted by Crippen LogP contribution is -1.99. The molecule has 32 heavy (non-hydrogen) atoms. The van der Waals surface area contributed by atoms with E-state index >= 15 is 0 Å². The Hall–Kier alpha value is -3.60. The van der Waals surface area contributed by atoms with Crippen molar-refractivity contribution in [2.24, 2.45) is 0 Å². The Labute approximate surface area is 188 Å². The van der Waals surface area contributed by atoms with Gasteiger partial charge in [-0.2, -0.15) is 0 Å². The number of ether oxygens (including phenoxy) is 1. The highest BCUT2D eigenvalue weighted by Crippen LogP contribution is 2.30. The Bertz CT molecular complexity index is 1150. The third-order valence-electron chi connectivity index (χ3n) is 5.48. The van der Waals surface area contributed by atoms with E-state index in [0.717, 1.165) is 66.0 Å². The van der Waals surface area contributed by atoms with Crippen molar-refractivity contribution in [3.05, 3.63) is 78.9 Å². The van der Waals surface area contributed by atoms with Gasteiger partial charge in [-0.3, -0.25) is 9.36 Å². The quantitative estimate of drug-likeness (QED) is 0.277. The number of unbranched alkanes of at least 4 members (excludes halogenated alkanes) is 4. The molecule has 0 unspecified atom stereocenters. The summed E-state index contributed by atoms with van der Waals surface area (Å²) in [5.41, 5.74) is 4.07. The van der Waals surface area contributed by atoms with Gasteiger partial charge in [0, 0.05) is 23.7 Å². The lowest BCUT2D eigenvalue weighted by atomic mass is 10.1. The molecule has 0 aliphatic heterocycles. The fraction of sp³-hybridized carbons (Fsp3) is 0.259. The van der Waals surface area contributed by atoms with Crippen molar-refractivity contribution < 1.29 is 14.6 Å². The molecule has 1 N–H and O–H groups in total. The molecule has 5 heteroatoms. The van der Waals surface area contributed by atoms with Crippen LogP contribution in [0.4, 0.5) is 0 Å². The molecule has 1 heterocycles. The molecule has 4 rings (SSSR count). The number of carbonyl (C=O) groups is 1. The summed E-state index contributed by atoms with van der Waals surface area (Å²) in [6.45, 7) is 0.648. The van der Waals surface area contributed by atoms with E-state index in [9.17, 15) is 4.79 Å². The number of rotatable bonds is 11. The van der Waals surface area contributed by atoms with Crippen LogP contribution in [0.25, 0.3) is 28.1 Å². The largest absolute Gasteiger partial charge is 0.494 e. The average molecular weight is 429 g/mol. The molecular formula is C27H28N2O3. The molecular weight excluding hydrogens is 400 g/mol. The molecule has 0 spiro atoms. The van der Waals surface area contributed by atoms with Crippen LogP contribution in [-0.2, 0) is 4.79 Å². The van der Waals surface area contributed by atoms with E-state index in [1.807, 2.05) is 48.5 Å². The number of nitrogens with zero attached hydrogens (tertiary/aromatic N) is 2. The molecule has 3 aromatic carbocycles. The van der Waals surface area contributed by atoms with Gasteiger partial charge in [0.1, 0.15) is 11.6 Å². The molecule has 164 valence electrons. The first kappa shape index (κ1) is 21.6. The normalized spacial score (nSPS) is 11.0. The van der Waals surface area contributed by atoms with Crippen LogP contribution >= 0.6 is 0 Å². The van der Waals surface area contributed by atoms with Gasteiger partial charge < -0.3 is 9.84 Å². The molecule has 5 nitrogen and oxygen atoms in total. The Balaban J connectivity index is 1.49. The standard InChI is InChI=1S/C27H28N2O3/c30-26(31)16-10-2-1-3-11-19-32-23-17-18-24-25(20-23)29(22-14-8-5-9-15-22)27(28-24)21-12-6-4-7-13-21/h4-9,12-15,17-18,20H,1-3,10-11,16,19H2,(H,30,31). The molecule has 0 radical (unpaired) electrons. The smallest absolute Gasteiger partial charge is 0.303 e. The number of benzene rings is 3. The van der Waals surface area contributed by atoms with Crippen molar-refractivity contribution in [1.29, 1.82) is 0 Å². The minimum atomic E-state index is -0.714. The van der Waals surface area contributed by atoms with Crippen molar-refractivity contribution >= 4 is 17.0 Å². The number of hydrogen-bond donors (Lipinski definition) is 1. The molecule has 0 aliphatic carbocycles. The molecule has 0 aliphatic rings. The highest BCUT2D eigenvalue weighted by Gasteiger charge is 2.15. The minimum Gasteiger partial charge on any atom is -0.494 e. The third-order valence-corrected chi connectivity index (χ3v) is 5.48. The SMILES string of the molecule is O=C(O)CCCCCCCOc1ccc2nc(-c3ccccc3)n(-c3ccccc3)c2c1. The van der Waals surface area contributed by atoms with Gasteiger partial charge in [0.15, 0.2) is 0 Å². The first-order valence-corrected chi connectivity index (χ1v) is 11.2. The Morgan fingerprint density at radius 1 is 0.844 bits per heavy atom. The Kier molecular flexibility index (Phi) is 7.18. The van der Waals surface area contributed by atoms with Crippen molar-refractivity contribution in [3.63, 3.8) is 0 Å². The summed E-state index contributed by atoms with van der Waals surface area (Å²) < 4.78 is 8.21. The number of para-hydroxylation sites is 1. The van der Waals surface area contributed by atoms with Crippen molar-refractivity contribution in [3.8, 4) is 22.8 Å². The predicted octanol–water partition coefficient (Wildman–Crippen LogP) is 6.50. The predicted molar refractivity (Wildman–Crippen MR) is 127 cm³/mol. The van der Waals surface area contributed by atoms with Gasteiger partial charge in [-0.15, -0.1) is 0 Å². The molecule has 0 fully saturated rings. The van der Waals surface area contributed by atoms with Crippen molar-refractivity contribution in [1.82, 2.24) is 9.55 Å². The number of fused-ring (bicyclic) bond motifs is 1. The molecule has 0 bridgehead atoms. The van der Waals surface area contributed by atoms with Gasteiger partial charge in [0.25, 0.3) is 0 Å². The van der Waals surface area contributed by atoms with E-state index < -0.39 is 5.97 Å². The fourth-order valence-electron chi connectivity index (χ4n) is 3.86. The minimum absolute atomic E-state index is 0.260. The highest BCUT2D eigenvalue weighted by molar-refractivity contribution is 5.84. The lowest BCUT2D eigenvalue weighted by Gasteiger charge is -2.11. The van der Waals surface area contributed by atoms with Crippen LogP contribution in [0.3, 0.4) is 0 Å². The number of aromatic nitrogens is 2. The van der Waals surface area contributed by atoms with E-state index in [0.29, 0.717) is 6.61 Å². The molecule has 0 saturated carbocycles. The summed E-state index contributed by atoms with van der Waals surface area (Å²) in [4.78, 5) is 15.5. The molecule has 4 aromatic rings. The van der Waals surface area contributed by atoms with Crippen LogP contribution in [0, 0.1) is 0 Å². The zero-order valence-electron chi connectivity index (χ0n) is 18.1. The van der Waals surface area contributed by atoms with Crippen LogP contribution in [0.2, 0.25) is 0 Å². The molecule has 1 aromatic heterocycles. The second kappa shape index (κ2) is 10.6. The van der Waals surface area contributed by atoms with Crippen LogP contribution in [0.1, 0.15) is 38.5 Å². The van der Waals surface area contributed by atoms with E-state index in [-0.39, 0.29) is 6.42 Å². The van der Waals surface area contributed by atoms with Crippen LogP contribution in [-0.4, -0.2) is 27.2 Å². The van der Waals surface area contributed by atoms with Crippen LogP contribution in [0.5, 0.6) is 5.75 Å². The monoisotopic (exact) mass is 428 g/mol. The number of carboxylic acids is 1. The third kappa shape index (κ3) is 5.35. The van der Waals surface area contributed by atoms with Gasteiger partial charge in [-0.1, -0.05) is 67.8 Å². The van der Waals surface area contributed by atoms with Crippen molar-refractivity contribution in [2.45, 2.75) is 38.5 Å². The second-order valence-corrected chi connectivity index (χ2v) is 7.88. The molecule has 0 saturated heterocycles. The first-order valence-electron chi connectivity index (χ1n) is 11.2. The summed E-state index contributed by atoms with van der Waals surface area (Å²) >= 11 is 0. The fourth-order valence-corrected chi connectivity index (χ4v) is 3.86. The summed E-state index contributed by atoms with van der Waals surface area (Å²) in [6.07, 6.45) is 5.00. The summed E-state index contributed by atoms with van der Waals surface area (Å²) in [5, 5.41) is 8.69. The number of hydrogen-bond acceptors (Lipinski definition) is 3. The first-order chi connectivity index (χ1) is 15.7. The maximum Gasteiger partial charge on any atom is 0.303 e. The zero-order chi connectivity index (χ0) is 22.2. The molecule has 0 atom stereocenters. The topological polar surface area (TPSA) is 64.3 Å². The van der Waals surface area contributed by atoms with Gasteiger partial charge in [-0.05, 0) is 37.1 Å². The number of imidazole rings is 1. The zero-order valence-corrected chi connectivity index (χ0v) is 18.1. The van der Waals surface area contributed by atoms with E-state index in [2.05, 4.69) is 34.9 Å². The average Bonchev–Trinajstić information content (AvgIpc) is 3.20. The van der Waals surface area contributed by atoms with Gasteiger partial charge in [-0.25, -0.2) is 4.98 Å². The summed E-state index contributed by atoms with van der Waals surface area (Å²) in [5.74, 6) is 1.03.